The summed E-state index contributed by atoms with van der Waals surface area (Å²) in [4.78, 5) is 8.22. The maximum Gasteiger partial charge on any atom is 0.316 e. The van der Waals surface area contributed by atoms with E-state index in [9.17, 15) is 0 Å². The van der Waals surface area contributed by atoms with E-state index in [4.69, 9.17) is 4.74 Å². The Kier molecular flexibility index (Phi) is 3.68. The molecule has 0 aliphatic rings. The van der Waals surface area contributed by atoms with Gasteiger partial charge in [-0.15, -0.1) is 0 Å². The topological polar surface area (TPSA) is 35.0 Å². The van der Waals surface area contributed by atoms with Crippen LogP contribution in [0.2, 0.25) is 0 Å². The zero-order chi connectivity index (χ0) is 9.68. The second kappa shape index (κ2) is 4.80. The van der Waals surface area contributed by atoms with Gasteiger partial charge >= 0.3 is 6.01 Å². The Bertz CT molecular complexity index is 259. The molecule has 0 fully saturated rings. The molecule has 0 amide bonds. The molecule has 0 N–H and O–H groups in total. The number of nitrogens with zero attached hydrogens (tertiary/aromatic N) is 2. The fourth-order valence-electron chi connectivity index (χ4n) is 1.09. The van der Waals surface area contributed by atoms with Crippen molar-refractivity contribution in [2.24, 2.45) is 0 Å². The van der Waals surface area contributed by atoms with Crippen molar-refractivity contribution in [1.29, 1.82) is 0 Å². The Morgan fingerprint density at radius 3 is 2.62 bits per heavy atom. The van der Waals surface area contributed by atoms with E-state index >= 15 is 0 Å². The number of rotatable bonds is 4. The lowest BCUT2D eigenvalue weighted by atomic mass is 10.2. The van der Waals surface area contributed by atoms with Crippen LogP contribution in [0.1, 0.15) is 32.4 Å². The molecular weight excluding hydrogens is 164 g/mol. The van der Waals surface area contributed by atoms with Gasteiger partial charge in [0.05, 0.1) is 0 Å². The molecule has 0 aliphatic heterocycles. The molecule has 3 heteroatoms. The molecule has 1 rings (SSSR count). The van der Waals surface area contributed by atoms with Crippen LogP contribution in [0.15, 0.2) is 12.3 Å². The zero-order valence-electron chi connectivity index (χ0n) is 8.45. The van der Waals surface area contributed by atoms with Gasteiger partial charge in [0.15, 0.2) is 0 Å². The second-order valence-electron chi connectivity index (χ2n) is 3.04. The highest BCUT2D eigenvalue weighted by Gasteiger charge is 2.06. The van der Waals surface area contributed by atoms with Crippen molar-refractivity contribution in [2.45, 2.75) is 39.7 Å². The molecule has 0 saturated carbocycles. The molecule has 72 valence electrons. The summed E-state index contributed by atoms with van der Waals surface area (Å²) < 4.78 is 5.57. The van der Waals surface area contributed by atoms with Crippen LogP contribution in [0, 0.1) is 6.92 Å². The second-order valence-corrected chi connectivity index (χ2v) is 3.04. The summed E-state index contributed by atoms with van der Waals surface area (Å²) in [6.45, 7) is 6.13. The summed E-state index contributed by atoms with van der Waals surface area (Å²) in [5.41, 5.74) is 0.941. The van der Waals surface area contributed by atoms with Gasteiger partial charge in [-0.25, -0.2) is 9.97 Å². The van der Waals surface area contributed by atoms with Gasteiger partial charge in [0, 0.05) is 11.9 Å². The van der Waals surface area contributed by atoms with Crippen molar-refractivity contribution in [3.8, 4) is 6.01 Å². The first-order valence-electron chi connectivity index (χ1n) is 4.72. The van der Waals surface area contributed by atoms with Crippen LogP contribution in [-0.2, 0) is 0 Å². The van der Waals surface area contributed by atoms with Crippen molar-refractivity contribution in [3.05, 3.63) is 18.0 Å². The zero-order valence-corrected chi connectivity index (χ0v) is 8.45. The third-order valence-electron chi connectivity index (χ3n) is 1.96. The molecule has 0 bridgehead atoms. The Hall–Kier alpha value is -1.12. The number of aryl methyl sites for hydroxylation is 1. The lowest BCUT2D eigenvalue weighted by Gasteiger charge is -2.13. The van der Waals surface area contributed by atoms with E-state index in [1.807, 2.05) is 13.0 Å². The Labute approximate surface area is 79.2 Å². The van der Waals surface area contributed by atoms with Crippen LogP contribution in [0.4, 0.5) is 0 Å². The van der Waals surface area contributed by atoms with Crippen molar-refractivity contribution in [1.82, 2.24) is 9.97 Å². The van der Waals surface area contributed by atoms with Gasteiger partial charge in [-0.2, -0.15) is 0 Å². The summed E-state index contributed by atoms with van der Waals surface area (Å²) in [6, 6.07) is 2.36. The van der Waals surface area contributed by atoms with E-state index in [2.05, 4.69) is 23.8 Å². The van der Waals surface area contributed by atoms with Crippen LogP contribution in [0.5, 0.6) is 6.01 Å². The van der Waals surface area contributed by atoms with Crippen molar-refractivity contribution >= 4 is 0 Å². The highest BCUT2D eigenvalue weighted by Crippen LogP contribution is 2.08. The first-order valence-corrected chi connectivity index (χ1v) is 4.72. The van der Waals surface area contributed by atoms with Gasteiger partial charge in [-0.05, 0) is 25.8 Å². The molecule has 1 aromatic heterocycles. The molecule has 1 heterocycles. The molecule has 0 saturated heterocycles. The summed E-state index contributed by atoms with van der Waals surface area (Å²) in [7, 11) is 0. The van der Waals surface area contributed by atoms with E-state index in [0.717, 1.165) is 18.5 Å². The predicted octanol–water partition coefficient (Wildman–Crippen LogP) is 2.35. The molecule has 0 spiro atoms. The van der Waals surface area contributed by atoms with Crippen LogP contribution >= 0.6 is 0 Å². The van der Waals surface area contributed by atoms with Gasteiger partial charge < -0.3 is 4.74 Å². The Balaban J connectivity index is 2.62. The Morgan fingerprint density at radius 1 is 1.38 bits per heavy atom. The molecule has 0 unspecified atom stereocenters. The van der Waals surface area contributed by atoms with Gasteiger partial charge in [0.25, 0.3) is 0 Å². The molecule has 3 nitrogen and oxygen atoms in total. The number of ether oxygens (including phenoxy) is 1. The fourth-order valence-corrected chi connectivity index (χ4v) is 1.09. The lowest BCUT2D eigenvalue weighted by Crippen LogP contribution is -2.15. The third kappa shape index (κ3) is 3.01. The van der Waals surface area contributed by atoms with E-state index < -0.39 is 0 Å². The first kappa shape index (κ1) is 9.96. The summed E-state index contributed by atoms with van der Waals surface area (Å²) in [6.07, 6.45) is 3.95. The maximum absolute atomic E-state index is 5.57. The van der Waals surface area contributed by atoms with E-state index in [1.54, 1.807) is 6.20 Å². The van der Waals surface area contributed by atoms with Gasteiger partial charge in [-0.1, -0.05) is 13.8 Å². The predicted molar refractivity (Wildman–Crippen MR) is 51.8 cm³/mol. The number of aromatic nitrogens is 2. The quantitative estimate of drug-likeness (QED) is 0.713. The van der Waals surface area contributed by atoms with Crippen LogP contribution < -0.4 is 4.74 Å². The summed E-state index contributed by atoms with van der Waals surface area (Å²) in [5.74, 6) is 0. The maximum atomic E-state index is 5.57. The van der Waals surface area contributed by atoms with Crippen molar-refractivity contribution in [3.63, 3.8) is 0 Å². The normalized spacial score (nSPS) is 10.5. The smallest absolute Gasteiger partial charge is 0.316 e. The van der Waals surface area contributed by atoms with Gasteiger partial charge in [0.1, 0.15) is 6.10 Å². The molecule has 0 radical (unpaired) electrons. The minimum Gasteiger partial charge on any atom is -0.460 e. The molecule has 13 heavy (non-hydrogen) atoms. The fraction of sp³-hybridized carbons (Fsp3) is 0.600. The SMILES string of the molecule is CCC(CC)Oc1nccc(C)n1. The average molecular weight is 180 g/mol. The van der Waals surface area contributed by atoms with E-state index in [1.165, 1.54) is 0 Å². The average Bonchev–Trinajstić information content (AvgIpc) is 2.14. The van der Waals surface area contributed by atoms with Crippen LogP contribution in [-0.4, -0.2) is 16.1 Å². The monoisotopic (exact) mass is 180 g/mol. The number of hydrogen-bond donors (Lipinski definition) is 0. The lowest BCUT2D eigenvalue weighted by molar-refractivity contribution is 0.176. The number of hydrogen-bond acceptors (Lipinski definition) is 3. The van der Waals surface area contributed by atoms with Crippen molar-refractivity contribution in [2.75, 3.05) is 0 Å². The molecule has 0 aliphatic carbocycles. The highest BCUT2D eigenvalue weighted by atomic mass is 16.5. The standard InChI is InChI=1S/C10H16N2O/c1-4-9(5-2)13-10-11-7-6-8(3)12-10/h6-7,9H,4-5H2,1-3H3. The molecule has 1 aromatic rings. The van der Waals surface area contributed by atoms with E-state index in [0.29, 0.717) is 6.01 Å². The molecule has 0 atom stereocenters. The third-order valence-corrected chi connectivity index (χ3v) is 1.96. The Morgan fingerprint density at radius 2 is 2.08 bits per heavy atom. The summed E-state index contributed by atoms with van der Waals surface area (Å²) >= 11 is 0. The molecule has 0 aromatic carbocycles. The summed E-state index contributed by atoms with van der Waals surface area (Å²) in [5, 5.41) is 0. The van der Waals surface area contributed by atoms with Gasteiger partial charge in [-0.3, -0.25) is 0 Å². The first-order chi connectivity index (χ1) is 6.26. The van der Waals surface area contributed by atoms with Gasteiger partial charge in [0.2, 0.25) is 0 Å². The minimum atomic E-state index is 0.238. The van der Waals surface area contributed by atoms with Crippen molar-refractivity contribution < 1.29 is 4.74 Å². The molecular formula is C10H16N2O. The van der Waals surface area contributed by atoms with Crippen LogP contribution in [0.25, 0.3) is 0 Å². The minimum absolute atomic E-state index is 0.238. The van der Waals surface area contributed by atoms with E-state index in [-0.39, 0.29) is 6.10 Å². The van der Waals surface area contributed by atoms with Crippen LogP contribution in [0.3, 0.4) is 0 Å². The highest BCUT2D eigenvalue weighted by molar-refractivity contribution is 5.03. The largest absolute Gasteiger partial charge is 0.460 e.